The number of fused-ring (bicyclic) bond motifs is 1. The average molecular weight is 439 g/mol. The van der Waals surface area contributed by atoms with E-state index in [0.29, 0.717) is 29.8 Å². The Kier molecular flexibility index (Phi) is 5.86. The van der Waals surface area contributed by atoms with Crippen molar-refractivity contribution in [2.75, 3.05) is 12.3 Å². The van der Waals surface area contributed by atoms with Crippen LogP contribution in [-0.4, -0.2) is 45.4 Å². The summed E-state index contributed by atoms with van der Waals surface area (Å²) in [6.07, 6.45) is 1.10. The van der Waals surface area contributed by atoms with Crippen molar-refractivity contribution in [1.82, 2.24) is 9.80 Å². The summed E-state index contributed by atoms with van der Waals surface area (Å²) in [7, 11) is 0. The van der Waals surface area contributed by atoms with Crippen LogP contribution in [0, 0.1) is 5.82 Å². The fourth-order valence-corrected chi connectivity index (χ4v) is 4.96. The minimum atomic E-state index is -1.45. The van der Waals surface area contributed by atoms with Gasteiger partial charge in [0.05, 0.1) is 12.0 Å². The highest BCUT2D eigenvalue weighted by Crippen LogP contribution is 2.38. The van der Waals surface area contributed by atoms with E-state index in [1.165, 1.54) is 12.1 Å². The van der Waals surface area contributed by atoms with Gasteiger partial charge < -0.3 is 15.7 Å². The standard InChI is InChI=1S/C24H26FN3O4/c1-14-2-11-21(15-3-6-17(25)7-4-15)28(14)22(29)13-27(24(31)32)23(30)20-9-5-16-12-18(26)8-10-19(16)20/h3-4,6-8,10,12,14,20-21H,2,5,9,11,13,26H2,1H3,(H,31,32). The van der Waals surface area contributed by atoms with E-state index in [0.717, 1.165) is 23.1 Å². The number of aryl methyl sites for hydroxylation is 1. The summed E-state index contributed by atoms with van der Waals surface area (Å²) in [5.41, 5.74) is 8.90. The first-order chi connectivity index (χ1) is 15.3. The summed E-state index contributed by atoms with van der Waals surface area (Å²) < 4.78 is 13.3. The molecule has 8 heteroatoms. The van der Waals surface area contributed by atoms with Gasteiger partial charge in [0.15, 0.2) is 0 Å². The number of rotatable bonds is 4. The van der Waals surface area contributed by atoms with Crippen molar-refractivity contribution < 1.29 is 23.9 Å². The van der Waals surface area contributed by atoms with Gasteiger partial charge in [-0.15, -0.1) is 0 Å². The van der Waals surface area contributed by atoms with Gasteiger partial charge >= 0.3 is 6.09 Å². The Morgan fingerprint density at radius 1 is 1.12 bits per heavy atom. The highest BCUT2D eigenvalue weighted by Gasteiger charge is 2.40. The third-order valence-electron chi connectivity index (χ3n) is 6.54. The smallest absolute Gasteiger partial charge is 0.414 e. The van der Waals surface area contributed by atoms with Gasteiger partial charge in [0.25, 0.3) is 0 Å². The molecule has 1 fully saturated rings. The van der Waals surface area contributed by atoms with Crippen LogP contribution in [-0.2, 0) is 16.0 Å². The second-order valence-corrected chi connectivity index (χ2v) is 8.55. The third-order valence-corrected chi connectivity index (χ3v) is 6.54. The topological polar surface area (TPSA) is 104 Å². The van der Waals surface area contributed by atoms with Crippen molar-refractivity contribution in [2.24, 2.45) is 0 Å². The van der Waals surface area contributed by atoms with E-state index in [9.17, 15) is 23.9 Å². The molecule has 168 valence electrons. The lowest BCUT2D eigenvalue weighted by Gasteiger charge is -2.31. The molecule has 0 bridgehead atoms. The van der Waals surface area contributed by atoms with Gasteiger partial charge in [-0.2, -0.15) is 0 Å². The average Bonchev–Trinajstić information content (AvgIpc) is 3.35. The molecule has 3 unspecified atom stereocenters. The number of hydrogen-bond acceptors (Lipinski definition) is 4. The van der Waals surface area contributed by atoms with Crippen molar-refractivity contribution in [2.45, 2.75) is 50.6 Å². The Morgan fingerprint density at radius 2 is 1.84 bits per heavy atom. The molecule has 2 aliphatic rings. The minimum absolute atomic E-state index is 0.113. The SMILES string of the molecule is CC1CCC(c2ccc(F)cc2)N1C(=O)CN(C(=O)O)C(=O)C1CCc2cc(N)ccc21. The second kappa shape index (κ2) is 8.61. The number of amides is 3. The molecule has 3 amide bonds. The second-order valence-electron chi connectivity index (χ2n) is 8.55. The number of benzene rings is 2. The van der Waals surface area contributed by atoms with E-state index in [2.05, 4.69) is 0 Å². The van der Waals surface area contributed by atoms with Gasteiger partial charge in [0.1, 0.15) is 12.4 Å². The van der Waals surface area contributed by atoms with Crippen molar-refractivity contribution in [3.63, 3.8) is 0 Å². The normalized spacial score (nSPS) is 21.9. The number of halogens is 1. The molecule has 32 heavy (non-hydrogen) atoms. The van der Waals surface area contributed by atoms with E-state index < -0.39 is 30.4 Å². The number of nitrogen functional groups attached to an aromatic ring is 1. The number of nitrogens with two attached hydrogens (primary N) is 1. The van der Waals surface area contributed by atoms with E-state index >= 15 is 0 Å². The van der Waals surface area contributed by atoms with Gasteiger partial charge in [-0.25, -0.2) is 14.1 Å². The van der Waals surface area contributed by atoms with Crippen LogP contribution in [0.15, 0.2) is 42.5 Å². The number of anilines is 1. The number of nitrogens with zero attached hydrogens (tertiary/aromatic N) is 2. The predicted molar refractivity (Wildman–Crippen MR) is 116 cm³/mol. The molecule has 2 aromatic carbocycles. The summed E-state index contributed by atoms with van der Waals surface area (Å²) in [5, 5.41) is 9.74. The van der Waals surface area contributed by atoms with Crippen LogP contribution >= 0.6 is 0 Å². The molecule has 1 aliphatic carbocycles. The molecule has 0 spiro atoms. The Morgan fingerprint density at radius 3 is 2.53 bits per heavy atom. The molecule has 7 nitrogen and oxygen atoms in total. The number of imide groups is 1. The fraction of sp³-hybridized carbons (Fsp3) is 0.375. The summed E-state index contributed by atoms with van der Waals surface area (Å²) in [5.74, 6) is -2.01. The van der Waals surface area contributed by atoms with E-state index in [1.807, 2.05) is 6.92 Å². The molecule has 1 aliphatic heterocycles. The molecule has 3 atom stereocenters. The first-order valence-electron chi connectivity index (χ1n) is 10.8. The van der Waals surface area contributed by atoms with Crippen LogP contribution < -0.4 is 5.73 Å². The number of carboxylic acid groups (broad SMARTS) is 1. The monoisotopic (exact) mass is 439 g/mol. The Hall–Kier alpha value is -3.42. The molecule has 1 heterocycles. The van der Waals surface area contributed by atoms with Crippen LogP contribution in [0.1, 0.15) is 54.8 Å². The van der Waals surface area contributed by atoms with Gasteiger partial charge in [0.2, 0.25) is 11.8 Å². The number of carbonyl (C=O) groups excluding carboxylic acids is 2. The number of likely N-dealkylation sites (tertiary alicyclic amines) is 1. The third kappa shape index (κ3) is 4.04. The maximum Gasteiger partial charge on any atom is 0.414 e. The first kappa shape index (κ1) is 21.8. The lowest BCUT2D eigenvalue weighted by atomic mass is 9.99. The van der Waals surface area contributed by atoms with Crippen LogP contribution in [0.25, 0.3) is 0 Å². The zero-order valence-corrected chi connectivity index (χ0v) is 17.8. The van der Waals surface area contributed by atoms with Crippen molar-refractivity contribution in [3.05, 3.63) is 65.0 Å². The zero-order valence-electron chi connectivity index (χ0n) is 17.8. The summed E-state index contributed by atoms with van der Waals surface area (Å²) >= 11 is 0. The lowest BCUT2D eigenvalue weighted by molar-refractivity contribution is -0.141. The number of carbonyl (C=O) groups is 3. The lowest BCUT2D eigenvalue weighted by Crippen LogP contribution is -2.48. The molecule has 3 N–H and O–H groups in total. The Balaban J connectivity index is 1.54. The van der Waals surface area contributed by atoms with Gasteiger partial charge in [-0.1, -0.05) is 18.2 Å². The van der Waals surface area contributed by atoms with Crippen molar-refractivity contribution in [3.8, 4) is 0 Å². The summed E-state index contributed by atoms with van der Waals surface area (Å²) in [6.45, 7) is 1.35. The minimum Gasteiger partial charge on any atom is -0.465 e. The van der Waals surface area contributed by atoms with Crippen LogP contribution in [0.4, 0.5) is 14.9 Å². The van der Waals surface area contributed by atoms with Gasteiger partial charge in [0, 0.05) is 11.7 Å². The van der Waals surface area contributed by atoms with E-state index in [-0.39, 0.29) is 17.9 Å². The molecule has 0 saturated carbocycles. The maximum atomic E-state index is 13.3. The highest BCUT2D eigenvalue weighted by molar-refractivity contribution is 5.99. The molecule has 0 aromatic heterocycles. The van der Waals surface area contributed by atoms with Gasteiger partial charge in [-0.3, -0.25) is 9.59 Å². The van der Waals surface area contributed by atoms with Crippen LogP contribution in [0.5, 0.6) is 0 Å². The van der Waals surface area contributed by atoms with E-state index in [4.69, 9.17) is 5.73 Å². The van der Waals surface area contributed by atoms with Crippen molar-refractivity contribution in [1.29, 1.82) is 0 Å². The molecule has 1 saturated heterocycles. The Bertz CT molecular complexity index is 1060. The largest absolute Gasteiger partial charge is 0.465 e. The first-order valence-corrected chi connectivity index (χ1v) is 10.8. The van der Waals surface area contributed by atoms with Crippen LogP contribution in [0.3, 0.4) is 0 Å². The fourth-order valence-electron chi connectivity index (χ4n) is 4.96. The van der Waals surface area contributed by atoms with E-state index in [1.54, 1.807) is 35.2 Å². The predicted octanol–water partition coefficient (Wildman–Crippen LogP) is 3.70. The quantitative estimate of drug-likeness (QED) is 0.707. The summed E-state index contributed by atoms with van der Waals surface area (Å²) in [6, 6.07) is 10.8. The van der Waals surface area contributed by atoms with Gasteiger partial charge in [-0.05, 0) is 73.6 Å². The molecule has 0 radical (unpaired) electrons. The highest BCUT2D eigenvalue weighted by atomic mass is 19.1. The van der Waals surface area contributed by atoms with Crippen LogP contribution in [0.2, 0.25) is 0 Å². The molecule has 4 rings (SSSR count). The zero-order chi connectivity index (χ0) is 23.0. The summed E-state index contributed by atoms with van der Waals surface area (Å²) in [4.78, 5) is 40.6. The number of hydrogen-bond donors (Lipinski definition) is 2. The molecular formula is C24H26FN3O4. The maximum absolute atomic E-state index is 13.3. The Labute approximate surface area is 185 Å². The molecular weight excluding hydrogens is 413 g/mol. The molecule has 2 aromatic rings. The van der Waals surface area contributed by atoms with Crippen molar-refractivity contribution >= 4 is 23.6 Å².